The molecule has 3 aliphatic heterocycles. The second-order valence-electron chi connectivity index (χ2n) is 5.88. The molecule has 1 fully saturated rings. The summed E-state index contributed by atoms with van der Waals surface area (Å²) >= 11 is 0. The van der Waals surface area contributed by atoms with Crippen LogP contribution in [0.25, 0.3) is 0 Å². The van der Waals surface area contributed by atoms with Gasteiger partial charge in [0.15, 0.2) is 23.7 Å². The molecule has 1 spiro atoms. The van der Waals surface area contributed by atoms with Gasteiger partial charge in [-0.3, -0.25) is 4.55 Å². The number of aliphatic imine (C=N–C) groups is 2. The Labute approximate surface area is 146 Å². The molecule has 0 aliphatic carbocycles. The van der Waals surface area contributed by atoms with E-state index >= 15 is 0 Å². The molecule has 0 aromatic carbocycles. The van der Waals surface area contributed by atoms with Crippen LogP contribution < -0.4 is 22.5 Å². The monoisotopic (exact) mass is 395 g/mol. The number of ether oxygens (including phenoxy) is 1. The number of carbonyl (C=O) groups is 1. The molecule has 0 bridgehead atoms. The normalized spacial score (nSPS) is 35.0. The third-order valence-electron chi connectivity index (χ3n) is 4.38. The fourth-order valence-corrected chi connectivity index (χ4v) is 3.94. The van der Waals surface area contributed by atoms with E-state index in [0.717, 1.165) is 4.90 Å². The van der Waals surface area contributed by atoms with Crippen molar-refractivity contribution >= 4 is 28.4 Å². The standard InChI is InChI=1S/C10H17N7O8S/c11-6-15-5-3(2-24-8(13)18)14-7(12)17-1-4(25-26(21,22)23)10(19,20)9(5,17)16-6/h3-5,19-20H,1-2H2,(H2,12,14)(H2,13,18)(H3,11,15,16)(H,21,22,23)/t3-,4-,5-,9?/m0/s1. The molecule has 146 valence electrons. The van der Waals surface area contributed by atoms with E-state index in [0.29, 0.717) is 0 Å². The van der Waals surface area contributed by atoms with Crippen molar-refractivity contribution in [2.75, 3.05) is 13.2 Å². The number of amides is 1. The van der Waals surface area contributed by atoms with Crippen molar-refractivity contribution in [3.05, 3.63) is 0 Å². The number of carbonyl (C=O) groups excluding carboxylic acids is 1. The molecule has 3 heterocycles. The number of hydrogen-bond donors (Lipinski definition) is 7. The molecular formula is C10H17N7O8S. The summed E-state index contributed by atoms with van der Waals surface area (Å²) in [7, 11) is -5.03. The summed E-state index contributed by atoms with van der Waals surface area (Å²) in [5.74, 6) is -3.44. The molecule has 26 heavy (non-hydrogen) atoms. The lowest BCUT2D eigenvalue weighted by atomic mass is 9.86. The van der Waals surface area contributed by atoms with Crippen molar-refractivity contribution in [2.45, 2.75) is 29.6 Å². The van der Waals surface area contributed by atoms with Gasteiger partial charge in [0.05, 0.1) is 6.54 Å². The largest absolute Gasteiger partial charge is 0.447 e. The molecule has 1 unspecified atom stereocenters. The molecule has 3 rings (SSSR count). The number of aliphatic hydroxyl groups is 2. The van der Waals surface area contributed by atoms with Crippen LogP contribution in [0.5, 0.6) is 0 Å². The van der Waals surface area contributed by atoms with Crippen molar-refractivity contribution in [1.29, 1.82) is 0 Å². The van der Waals surface area contributed by atoms with Crippen LogP contribution in [-0.2, 0) is 19.3 Å². The Morgan fingerprint density at radius 1 is 1.38 bits per heavy atom. The highest BCUT2D eigenvalue weighted by Gasteiger charge is 2.74. The maximum Gasteiger partial charge on any atom is 0.404 e. The summed E-state index contributed by atoms with van der Waals surface area (Å²) in [6.07, 6.45) is -2.96. The van der Waals surface area contributed by atoms with E-state index in [4.69, 9.17) is 21.8 Å². The van der Waals surface area contributed by atoms with Crippen LogP contribution in [0.4, 0.5) is 4.79 Å². The number of nitrogens with zero attached hydrogens (tertiary/aromatic N) is 3. The molecule has 1 saturated heterocycles. The van der Waals surface area contributed by atoms with Gasteiger partial charge in [0, 0.05) is 0 Å². The fourth-order valence-electron chi connectivity index (χ4n) is 3.45. The average Bonchev–Trinajstić information content (AvgIpc) is 2.93. The Morgan fingerprint density at radius 3 is 2.62 bits per heavy atom. The Bertz CT molecular complexity index is 797. The number of primary amides is 1. The number of nitrogens with one attached hydrogen (secondary N) is 1. The van der Waals surface area contributed by atoms with Gasteiger partial charge in [-0.2, -0.15) is 8.42 Å². The predicted octanol–water partition coefficient (Wildman–Crippen LogP) is -5.05. The number of guanidine groups is 2. The summed E-state index contributed by atoms with van der Waals surface area (Å²) in [6, 6.07) is -2.19. The molecule has 1 amide bonds. The lowest BCUT2D eigenvalue weighted by Gasteiger charge is -2.48. The fraction of sp³-hybridized carbons (Fsp3) is 0.700. The van der Waals surface area contributed by atoms with Crippen molar-refractivity contribution < 1.29 is 36.9 Å². The SMILES string of the molecule is NC(=O)OC[C@@H]1N=C(N)N2C[C@H](OS(=O)(=O)O)C(O)(O)C23NC(N)=N[C@@H]13. The first kappa shape index (κ1) is 18.4. The van der Waals surface area contributed by atoms with Gasteiger partial charge in [0.1, 0.15) is 18.7 Å². The smallest absolute Gasteiger partial charge is 0.404 e. The first-order chi connectivity index (χ1) is 11.9. The van der Waals surface area contributed by atoms with E-state index in [1.165, 1.54) is 0 Å². The lowest BCUT2D eigenvalue weighted by Crippen LogP contribution is -2.77. The summed E-state index contributed by atoms with van der Waals surface area (Å²) < 4.78 is 40.0. The Hall–Kier alpha value is -2.40. The van der Waals surface area contributed by atoms with E-state index in [9.17, 15) is 23.4 Å². The summed E-state index contributed by atoms with van der Waals surface area (Å²) in [5, 5.41) is 23.9. The highest BCUT2D eigenvalue weighted by Crippen LogP contribution is 2.45. The number of nitrogens with two attached hydrogens (primary N) is 3. The molecule has 16 heteroatoms. The molecule has 15 nitrogen and oxygen atoms in total. The van der Waals surface area contributed by atoms with Crippen LogP contribution in [0, 0.1) is 0 Å². The van der Waals surface area contributed by atoms with Gasteiger partial charge in [-0.25, -0.2) is 19.0 Å². The van der Waals surface area contributed by atoms with Crippen LogP contribution in [0.15, 0.2) is 9.98 Å². The molecule has 0 radical (unpaired) electrons. The second-order valence-corrected chi connectivity index (χ2v) is 6.93. The van der Waals surface area contributed by atoms with E-state index in [1.807, 2.05) is 0 Å². The highest BCUT2D eigenvalue weighted by atomic mass is 32.3. The van der Waals surface area contributed by atoms with Gasteiger partial charge in [0.25, 0.3) is 0 Å². The van der Waals surface area contributed by atoms with E-state index in [2.05, 4.69) is 24.2 Å². The third kappa shape index (κ3) is 2.58. The summed E-state index contributed by atoms with van der Waals surface area (Å²) in [6.45, 7) is -0.896. The van der Waals surface area contributed by atoms with E-state index in [-0.39, 0.29) is 11.9 Å². The Balaban J connectivity index is 2.04. The van der Waals surface area contributed by atoms with Gasteiger partial charge in [0.2, 0.25) is 5.79 Å². The van der Waals surface area contributed by atoms with E-state index in [1.54, 1.807) is 0 Å². The van der Waals surface area contributed by atoms with Gasteiger partial charge in [-0.05, 0) is 0 Å². The molecule has 4 atom stereocenters. The zero-order valence-corrected chi connectivity index (χ0v) is 13.8. The Kier molecular flexibility index (Phi) is 3.92. The quantitative estimate of drug-likeness (QED) is 0.174. The first-order valence-electron chi connectivity index (χ1n) is 7.13. The van der Waals surface area contributed by atoms with Gasteiger partial charge >= 0.3 is 16.5 Å². The topological polar surface area (TPSA) is 248 Å². The van der Waals surface area contributed by atoms with Crippen LogP contribution >= 0.6 is 0 Å². The van der Waals surface area contributed by atoms with Crippen LogP contribution in [0.1, 0.15) is 0 Å². The molecule has 10 N–H and O–H groups in total. The van der Waals surface area contributed by atoms with Gasteiger partial charge < -0.3 is 42.4 Å². The second kappa shape index (κ2) is 5.55. The first-order valence-corrected chi connectivity index (χ1v) is 8.50. The maximum atomic E-state index is 11.0. The number of hydrogen-bond acceptors (Lipinski definition) is 13. The van der Waals surface area contributed by atoms with Crippen LogP contribution in [-0.4, -0.2) is 88.9 Å². The minimum Gasteiger partial charge on any atom is -0.447 e. The predicted molar refractivity (Wildman–Crippen MR) is 82.5 cm³/mol. The summed E-state index contributed by atoms with van der Waals surface area (Å²) in [5.41, 5.74) is 14.4. The minimum absolute atomic E-state index is 0.228. The Morgan fingerprint density at radius 2 is 2.04 bits per heavy atom. The molecule has 0 aromatic rings. The maximum absolute atomic E-state index is 11.0. The highest BCUT2D eigenvalue weighted by molar-refractivity contribution is 7.80. The molecule has 3 aliphatic rings. The van der Waals surface area contributed by atoms with Crippen molar-refractivity contribution in [3.63, 3.8) is 0 Å². The average molecular weight is 395 g/mol. The third-order valence-corrected chi connectivity index (χ3v) is 4.86. The van der Waals surface area contributed by atoms with Crippen LogP contribution in [0.2, 0.25) is 0 Å². The van der Waals surface area contributed by atoms with E-state index < -0.39 is 59.3 Å². The molecular weight excluding hydrogens is 378 g/mol. The van der Waals surface area contributed by atoms with Crippen LogP contribution in [0.3, 0.4) is 0 Å². The summed E-state index contributed by atoms with van der Waals surface area (Å²) in [4.78, 5) is 20.0. The zero-order valence-electron chi connectivity index (χ0n) is 13.0. The minimum atomic E-state index is -5.03. The van der Waals surface area contributed by atoms with Gasteiger partial charge in [-0.15, -0.1) is 0 Å². The number of rotatable bonds is 4. The zero-order chi connectivity index (χ0) is 19.5. The van der Waals surface area contributed by atoms with Crippen molar-refractivity contribution in [2.24, 2.45) is 27.2 Å². The van der Waals surface area contributed by atoms with Gasteiger partial charge in [-0.1, -0.05) is 0 Å². The molecule has 0 saturated carbocycles. The van der Waals surface area contributed by atoms with Crippen molar-refractivity contribution in [1.82, 2.24) is 10.2 Å². The van der Waals surface area contributed by atoms with Crippen molar-refractivity contribution in [3.8, 4) is 0 Å². The molecule has 0 aromatic heterocycles. The lowest BCUT2D eigenvalue weighted by molar-refractivity contribution is -0.252.